The average molecular weight is 357 g/mol. The van der Waals surface area contributed by atoms with Crippen molar-refractivity contribution in [2.45, 2.75) is 75.8 Å². The van der Waals surface area contributed by atoms with Crippen LogP contribution in [0.4, 0.5) is 0 Å². The minimum absolute atomic E-state index is 0.290. The van der Waals surface area contributed by atoms with E-state index in [1.807, 2.05) is 0 Å². The highest BCUT2D eigenvalue weighted by molar-refractivity contribution is 6.66. The van der Waals surface area contributed by atoms with Crippen LogP contribution < -0.4 is 0 Å². The molecule has 0 saturated heterocycles. The minimum atomic E-state index is -1.28. The topological polar surface area (TPSA) is 9.23 Å². The molecule has 0 radical (unpaired) electrons. The SMILES string of the molecule is CCCCCCCCCCC(Cl)[SiH](Cc1ccccc1)O[SiH3]. The van der Waals surface area contributed by atoms with Gasteiger partial charge in [-0.2, -0.15) is 0 Å². The second-order valence-electron chi connectivity index (χ2n) is 6.24. The molecule has 0 N–H and O–H groups in total. The number of halogens is 1. The Kier molecular flexibility index (Phi) is 12.1. The monoisotopic (exact) mass is 356 g/mol. The number of hydrogen-bond acceptors (Lipinski definition) is 1. The lowest BCUT2D eigenvalue weighted by atomic mass is 10.1. The summed E-state index contributed by atoms with van der Waals surface area (Å²) in [5, 5.41) is 0.290. The van der Waals surface area contributed by atoms with Crippen LogP contribution in [0.15, 0.2) is 30.3 Å². The van der Waals surface area contributed by atoms with Gasteiger partial charge in [0.25, 0.3) is 0 Å². The van der Waals surface area contributed by atoms with Gasteiger partial charge < -0.3 is 4.12 Å². The lowest BCUT2D eigenvalue weighted by Crippen LogP contribution is -2.32. The van der Waals surface area contributed by atoms with Gasteiger partial charge in [0.05, 0.1) is 0 Å². The van der Waals surface area contributed by atoms with E-state index in [0.717, 1.165) is 23.0 Å². The summed E-state index contributed by atoms with van der Waals surface area (Å²) in [6.07, 6.45) is 12.1. The maximum atomic E-state index is 6.64. The molecule has 2 unspecified atom stereocenters. The van der Waals surface area contributed by atoms with Crippen molar-refractivity contribution in [3.63, 3.8) is 0 Å². The van der Waals surface area contributed by atoms with Gasteiger partial charge in [0, 0.05) is 5.00 Å². The zero-order valence-corrected chi connectivity index (χ0v) is 18.3. The van der Waals surface area contributed by atoms with Gasteiger partial charge in [0.1, 0.15) is 10.5 Å². The van der Waals surface area contributed by atoms with E-state index < -0.39 is 9.04 Å². The van der Waals surface area contributed by atoms with Crippen LogP contribution in [-0.4, -0.2) is 24.5 Å². The Hall–Kier alpha value is -0.0962. The zero-order valence-electron chi connectivity index (χ0n) is 14.4. The van der Waals surface area contributed by atoms with Crippen molar-refractivity contribution in [3.05, 3.63) is 35.9 Å². The van der Waals surface area contributed by atoms with Gasteiger partial charge in [0.15, 0.2) is 9.04 Å². The Morgan fingerprint density at radius 3 is 2.18 bits per heavy atom. The van der Waals surface area contributed by atoms with Crippen LogP contribution >= 0.6 is 11.6 Å². The van der Waals surface area contributed by atoms with Crippen molar-refractivity contribution >= 4 is 31.1 Å². The van der Waals surface area contributed by atoms with Crippen LogP contribution in [0.2, 0.25) is 0 Å². The summed E-state index contributed by atoms with van der Waals surface area (Å²) in [4.78, 5) is 0. The second kappa shape index (κ2) is 13.4. The highest BCUT2D eigenvalue weighted by Crippen LogP contribution is 2.17. The summed E-state index contributed by atoms with van der Waals surface area (Å²) in [5.41, 5.74) is 1.39. The molecule has 0 amide bonds. The first-order valence-corrected chi connectivity index (χ1v) is 12.2. The van der Waals surface area contributed by atoms with E-state index in [-0.39, 0.29) is 5.00 Å². The first-order valence-electron chi connectivity index (χ1n) is 8.98. The molecule has 0 aliphatic carbocycles. The predicted octanol–water partition coefficient (Wildman–Crippen LogP) is 4.47. The normalized spacial score (nSPS) is 14.1. The Bertz CT molecular complexity index is 361. The number of hydrogen-bond donors (Lipinski definition) is 0. The van der Waals surface area contributed by atoms with Crippen molar-refractivity contribution < 1.29 is 4.12 Å². The maximum Gasteiger partial charge on any atom is 0.184 e. The standard InChI is InChI=1S/C18H33ClOSi2/c1-2-3-4-5-6-7-8-12-15-18(19)22(20-21)16-17-13-10-9-11-14-17/h9-11,13-14,18,22H,2-8,12,15-16H2,1,21H3. The molecule has 0 aliphatic heterocycles. The molecule has 4 heteroatoms. The minimum Gasteiger partial charge on any atom is -0.464 e. The van der Waals surface area contributed by atoms with Crippen LogP contribution in [0.3, 0.4) is 0 Å². The number of alkyl halides is 1. The van der Waals surface area contributed by atoms with E-state index in [1.54, 1.807) is 0 Å². The third-order valence-electron chi connectivity index (χ3n) is 4.32. The zero-order chi connectivity index (χ0) is 16.0. The molecule has 0 aromatic heterocycles. The number of benzene rings is 1. The molecule has 1 aromatic carbocycles. The molecule has 22 heavy (non-hydrogen) atoms. The number of rotatable bonds is 13. The van der Waals surface area contributed by atoms with Gasteiger partial charge in [0.2, 0.25) is 0 Å². The first-order chi connectivity index (χ1) is 10.8. The summed E-state index contributed by atoms with van der Waals surface area (Å²) < 4.78 is 5.88. The van der Waals surface area contributed by atoms with E-state index in [0.29, 0.717) is 0 Å². The Balaban J connectivity index is 2.13. The van der Waals surface area contributed by atoms with Gasteiger partial charge in [-0.1, -0.05) is 88.6 Å². The Labute approximate surface area is 147 Å². The molecule has 1 nitrogen and oxygen atoms in total. The summed E-state index contributed by atoms with van der Waals surface area (Å²) in [7, 11) is -0.462. The molecule has 0 saturated carbocycles. The highest BCUT2D eigenvalue weighted by Gasteiger charge is 2.20. The molecule has 0 aliphatic rings. The summed E-state index contributed by atoms with van der Waals surface area (Å²) in [5.74, 6) is 0. The lowest BCUT2D eigenvalue weighted by molar-refractivity contribution is 0.559. The van der Waals surface area contributed by atoms with E-state index in [4.69, 9.17) is 15.7 Å². The van der Waals surface area contributed by atoms with E-state index >= 15 is 0 Å². The Morgan fingerprint density at radius 2 is 1.59 bits per heavy atom. The van der Waals surface area contributed by atoms with Crippen LogP contribution in [-0.2, 0) is 10.2 Å². The molecule has 0 heterocycles. The number of unbranched alkanes of at least 4 members (excludes halogenated alkanes) is 7. The molecular formula is C18H33ClOSi2. The van der Waals surface area contributed by atoms with E-state index in [2.05, 4.69) is 37.3 Å². The fourth-order valence-electron chi connectivity index (χ4n) is 2.86. The van der Waals surface area contributed by atoms with Crippen molar-refractivity contribution in [3.8, 4) is 0 Å². The lowest BCUT2D eigenvalue weighted by Gasteiger charge is -2.19. The van der Waals surface area contributed by atoms with Gasteiger partial charge in [-0.15, -0.1) is 11.6 Å². The predicted molar refractivity (Wildman–Crippen MR) is 105 cm³/mol. The largest absolute Gasteiger partial charge is 0.464 e. The van der Waals surface area contributed by atoms with E-state index in [1.165, 1.54) is 56.9 Å². The quantitative estimate of drug-likeness (QED) is 0.288. The smallest absolute Gasteiger partial charge is 0.184 e. The van der Waals surface area contributed by atoms with Crippen LogP contribution in [0, 0.1) is 0 Å². The first kappa shape index (κ1) is 19.9. The maximum absolute atomic E-state index is 6.64. The molecule has 126 valence electrons. The molecule has 0 fully saturated rings. The third-order valence-corrected chi connectivity index (χ3v) is 9.82. The molecular weight excluding hydrogens is 324 g/mol. The molecule has 0 spiro atoms. The fraction of sp³-hybridized carbons (Fsp3) is 0.667. The molecule has 0 bridgehead atoms. The summed E-state index contributed by atoms with van der Waals surface area (Å²) in [6.45, 7) is 2.27. The van der Waals surface area contributed by atoms with Gasteiger partial charge in [-0.25, -0.2) is 0 Å². The van der Waals surface area contributed by atoms with Crippen molar-refractivity contribution in [2.75, 3.05) is 0 Å². The van der Waals surface area contributed by atoms with Gasteiger partial charge >= 0.3 is 0 Å². The van der Waals surface area contributed by atoms with Crippen molar-refractivity contribution in [1.29, 1.82) is 0 Å². The second-order valence-corrected chi connectivity index (χ2v) is 11.4. The highest BCUT2D eigenvalue weighted by atomic mass is 35.5. The van der Waals surface area contributed by atoms with Crippen LogP contribution in [0.25, 0.3) is 0 Å². The van der Waals surface area contributed by atoms with Crippen molar-refractivity contribution in [1.82, 2.24) is 0 Å². The van der Waals surface area contributed by atoms with Gasteiger partial charge in [-0.3, -0.25) is 0 Å². The van der Waals surface area contributed by atoms with Crippen LogP contribution in [0.1, 0.15) is 70.3 Å². The van der Waals surface area contributed by atoms with Crippen molar-refractivity contribution in [2.24, 2.45) is 0 Å². The summed E-state index contributed by atoms with van der Waals surface area (Å²) >= 11 is 6.64. The van der Waals surface area contributed by atoms with Gasteiger partial charge in [-0.05, 0) is 18.0 Å². The summed E-state index contributed by atoms with van der Waals surface area (Å²) in [6, 6.07) is 11.8. The van der Waals surface area contributed by atoms with E-state index in [9.17, 15) is 0 Å². The molecule has 2 atom stereocenters. The average Bonchev–Trinajstić information content (AvgIpc) is 2.55. The fourth-order valence-corrected chi connectivity index (χ4v) is 7.66. The Morgan fingerprint density at radius 1 is 1.00 bits per heavy atom. The molecule has 1 aromatic rings. The molecule has 1 rings (SSSR count). The third kappa shape index (κ3) is 9.13. The van der Waals surface area contributed by atoms with Crippen LogP contribution in [0.5, 0.6) is 0 Å².